The summed E-state index contributed by atoms with van der Waals surface area (Å²) in [6.07, 6.45) is 5.26. The van der Waals surface area contributed by atoms with Crippen molar-refractivity contribution in [3.63, 3.8) is 0 Å². The molecule has 0 spiro atoms. The molecule has 3 heterocycles. The van der Waals surface area contributed by atoms with Gasteiger partial charge in [0.25, 0.3) is 0 Å². The maximum Gasteiger partial charge on any atom is 0.246 e. The predicted octanol–water partition coefficient (Wildman–Crippen LogP) is 2.80. The van der Waals surface area contributed by atoms with E-state index in [0.717, 1.165) is 31.0 Å². The molecule has 1 aliphatic heterocycles. The number of nitrogens with zero attached hydrogens (tertiary/aromatic N) is 3. The number of aromatic nitrogens is 3. The molecule has 2 aromatic rings. The highest BCUT2D eigenvalue weighted by atomic mass is 32.1. The Hall–Kier alpha value is -2.15. The third kappa shape index (κ3) is 3.44. The lowest BCUT2D eigenvalue weighted by Gasteiger charge is -2.31. The fourth-order valence-corrected chi connectivity index (χ4v) is 3.05. The van der Waals surface area contributed by atoms with Gasteiger partial charge in [-0.15, -0.1) is 0 Å². The van der Waals surface area contributed by atoms with Crippen molar-refractivity contribution in [1.29, 1.82) is 0 Å². The number of furan rings is 1. The number of piperidine rings is 1. The average Bonchev–Trinajstić information content (AvgIpc) is 3.12. The smallest absolute Gasteiger partial charge is 0.246 e. The summed E-state index contributed by atoms with van der Waals surface area (Å²) in [5.41, 5.74) is 0. The summed E-state index contributed by atoms with van der Waals surface area (Å²) in [6.45, 7) is 3.31. The molecule has 1 atom stereocenters. The van der Waals surface area contributed by atoms with E-state index in [1.165, 1.54) is 0 Å². The molecular weight excluding hydrogens is 312 g/mol. The van der Waals surface area contributed by atoms with Crippen molar-refractivity contribution in [1.82, 2.24) is 19.7 Å². The summed E-state index contributed by atoms with van der Waals surface area (Å²) in [5.74, 6) is 2.66. The minimum Gasteiger partial charge on any atom is -0.462 e. The molecule has 2 aromatic heterocycles. The van der Waals surface area contributed by atoms with Gasteiger partial charge in [-0.25, -0.2) is 0 Å². The summed E-state index contributed by atoms with van der Waals surface area (Å²) in [7, 11) is 1.90. The van der Waals surface area contributed by atoms with Crippen LogP contribution in [-0.4, -0.2) is 38.7 Å². The number of rotatable bonds is 3. The molecule has 23 heavy (non-hydrogen) atoms. The predicted molar refractivity (Wildman–Crippen MR) is 89.4 cm³/mol. The van der Waals surface area contributed by atoms with Crippen LogP contribution in [0, 0.1) is 11.7 Å². The summed E-state index contributed by atoms with van der Waals surface area (Å²) < 4.78 is 7.94. The van der Waals surface area contributed by atoms with Crippen LogP contribution in [0.4, 0.5) is 0 Å². The Morgan fingerprint density at radius 2 is 2.35 bits per heavy atom. The maximum atomic E-state index is 12.4. The van der Waals surface area contributed by atoms with Crippen molar-refractivity contribution in [3.05, 3.63) is 40.3 Å². The molecule has 1 saturated heterocycles. The molecule has 0 aromatic carbocycles. The van der Waals surface area contributed by atoms with Gasteiger partial charge in [0.05, 0.1) is 0 Å². The van der Waals surface area contributed by atoms with Gasteiger partial charge in [0.15, 0.2) is 4.77 Å². The number of H-pyrrole nitrogens is 1. The van der Waals surface area contributed by atoms with Crippen LogP contribution in [0.2, 0.25) is 0 Å². The number of carbonyl (C=O) groups excluding carboxylic acids is 1. The number of hydrogen-bond acceptors (Lipinski definition) is 4. The normalized spacial score (nSPS) is 18.7. The van der Waals surface area contributed by atoms with Crippen LogP contribution < -0.4 is 0 Å². The van der Waals surface area contributed by atoms with E-state index in [1.54, 1.807) is 12.2 Å². The molecule has 1 fully saturated rings. The molecule has 122 valence electrons. The van der Waals surface area contributed by atoms with Gasteiger partial charge in [-0.3, -0.25) is 9.89 Å². The van der Waals surface area contributed by atoms with E-state index in [0.29, 0.717) is 17.1 Å². The largest absolute Gasteiger partial charge is 0.462 e. The van der Waals surface area contributed by atoms with E-state index in [2.05, 4.69) is 10.2 Å². The van der Waals surface area contributed by atoms with Gasteiger partial charge in [-0.1, -0.05) is 0 Å². The fraction of sp³-hybridized carbons (Fsp3) is 0.438. The third-order valence-corrected chi connectivity index (χ3v) is 4.53. The van der Waals surface area contributed by atoms with Gasteiger partial charge in [0, 0.05) is 32.1 Å². The van der Waals surface area contributed by atoms with Crippen molar-refractivity contribution in [2.45, 2.75) is 25.7 Å². The number of nitrogens with one attached hydrogen (secondary N) is 1. The Bertz CT molecular complexity index is 786. The Balaban J connectivity index is 1.68. The van der Waals surface area contributed by atoms with E-state index in [1.807, 2.05) is 35.6 Å². The van der Waals surface area contributed by atoms with Crippen molar-refractivity contribution in [2.24, 2.45) is 7.05 Å². The molecule has 1 N–H and O–H groups in total. The lowest BCUT2D eigenvalue weighted by Crippen LogP contribution is -2.38. The minimum atomic E-state index is 0.000499. The molecule has 0 aliphatic carbocycles. The number of aromatic amines is 1. The van der Waals surface area contributed by atoms with Gasteiger partial charge in [0.1, 0.15) is 17.3 Å². The van der Waals surface area contributed by atoms with Crippen molar-refractivity contribution >= 4 is 24.2 Å². The molecule has 6 nitrogen and oxygen atoms in total. The Labute approximate surface area is 139 Å². The lowest BCUT2D eigenvalue weighted by molar-refractivity contribution is -0.127. The molecule has 0 radical (unpaired) electrons. The average molecular weight is 332 g/mol. The lowest BCUT2D eigenvalue weighted by atomic mass is 9.97. The highest BCUT2D eigenvalue weighted by molar-refractivity contribution is 7.71. The Morgan fingerprint density at radius 3 is 3.00 bits per heavy atom. The molecule has 1 unspecified atom stereocenters. The summed E-state index contributed by atoms with van der Waals surface area (Å²) in [4.78, 5) is 14.2. The summed E-state index contributed by atoms with van der Waals surface area (Å²) in [5, 5.41) is 7.12. The molecule has 0 saturated carbocycles. The zero-order chi connectivity index (χ0) is 16.4. The van der Waals surface area contributed by atoms with Crippen LogP contribution >= 0.6 is 12.2 Å². The van der Waals surface area contributed by atoms with Gasteiger partial charge in [-0.05, 0) is 50.2 Å². The molecule has 1 aliphatic rings. The van der Waals surface area contributed by atoms with Gasteiger partial charge in [0.2, 0.25) is 5.91 Å². The van der Waals surface area contributed by atoms with Crippen LogP contribution in [-0.2, 0) is 11.8 Å². The fourth-order valence-electron chi connectivity index (χ4n) is 2.91. The molecule has 1 amide bonds. The first kappa shape index (κ1) is 15.7. The Kier molecular flexibility index (Phi) is 4.47. The highest BCUT2D eigenvalue weighted by Gasteiger charge is 2.26. The Morgan fingerprint density at radius 1 is 1.52 bits per heavy atom. The third-order valence-electron chi connectivity index (χ3n) is 4.16. The minimum absolute atomic E-state index is 0.000499. The number of carbonyl (C=O) groups is 1. The highest BCUT2D eigenvalue weighted by Crippen LogP contribution is 2.25. The SMILES string of the molecule is Cc1ccc(/C=C/C(=O)N2CCCC(c3n[nH]c(=S)n3C)C2)o1. The van der Waals surface area contributed by atoms with E-state index in [4.69, 9.17) is 16.6 Å². The second kappa shape index (κ2) is 6.54. The first-order chi connectivity index (χ1) is 11.0. The van der Waals surface area contributed by atoms with Crippen LogP contribution in [0.15, 0.2) is 22.6 Å². The van der Waals surface area contributed by atoms with E-state index in [-0.39, 0.29) is 11.8 Å². The zero-order valence-electron chi connectivity index (χ0n) is 13.3. The van der Waals surface area contributed by atoms with Crippen LogP contribution in [0.25, 0.3) is 6.08 Å². The first-order valence-electron chi connectivity index (χ1n) is 7.69. The maximum absolute atomic E-state index is 12.4. The summed E-state index contributed by atoms with van der Waals surface area (Å²) >= 11 is 5.16. The van der Waals surface area contributed by atoms with E-state index < -0.39 is 0 Å². The van der Waals surface area contributed by atoms with Crippen molar-refractivity contribution in [2.75, 3.05) is 13.1 Å². The number of hydrogen-bond donors (Lipinski definition) is 1. The van der Waals surface area contributed by atoms with Crippen LogP contribution in [0.1, 0.15) is 36.1 Å². The topological polar surface area (TPSA) is 67.1 Å². The number of amides is 1. The van der Waals surface area contributed by atoms with E-state index in [9.17, 15) is 4.79 Å². The standard InChI is InChI=1S/C16H20N4O2S/c1-11-5-6-13(22-11)7-8-14(21)20-9-3-4-12(10-20)15-17-18-16(23)19(15)2/h5-8,12H,3-4,9-10H2,1-2H3,(H,18,23)/b8-7+. The summed E-state index contributed by atoms with van der Waals surface area (Å²) in [6, 6.07) is 3.73. The monoisotopic (exact) mass is 332 g/mol. The van der Waals surface area contributed by atoms with Gasteiger partial charge in [-0.2, -0.15) is 5.10 Å². The second-order valence-corrected chi connectivity index (χ2v) is 6.24. The van der Waals surface area contributed by atoms with Crippen LogP contribution in [0.5, 0.6) is 0 Å². The first-order valence-corrected chi connectivity index (χ1v) is 8.10. The number of aryl methyl sites for hydroxylation is 1. The van der Waals surface area contributed by atoms with Gasteiger partial charge < -0.3 is 13.9 Å². The quantitative estimate of drug-likeness (QED) is 0.693. The van der Waals surface area contributed by atoms with Gasteiger partial charge >= 0.3 is 0 Å². The zero-order valence-corrected chi connectivity index (χ0v) is 14.1. The second-order valence-electron chi connectivity index (χ2n) is 5.85. The number of likely N-dealkylation sites (tertiary alicyclic amines) is 1. The van der Waals surface area contributed by atoms with Crippen LogP contribution in [0.3, 0.4) is 0 Å². The van der Waals surface area contributed by atoms with E-state index >= 15 is 0 Å². The molecule has 0 bridgehead atoms. The molecular formula is C16H20N4O2S. The van der Waals surface area contributed by atoms with Crippen molar-refractivity contribution < 1.29 is 9.21 Å². The molecule has 7 heteroatoms. The van der Waals surface area contributed by atoms with Crippen molar-refractivity contribution in [3.8, 4) is 0 Å². The molecule has 3 rings (SSSR count).